The van der Waals surface area contributed by atoms with E-state index in [1.807, 2.05) is 12.1 Å². The number of allylic oxidation sites excluding steroid dienone is 1. The van der Waals surface area contributed by atoms with Crippen molar-refractivity contribution >= 4 is 11.4 Å². The third-order valence-corrected chi connectivity index (χ3v) is 1.93. The lowest BCUT2D eigenvalue weighted by molar-refractivity contribution is 0.467. The van der Waals surface area contributed by atoms with Crippen LogP contribution < -0.4 is 16.2 Å². The number of nitrogen functional groups attached to an aromatic ring is 2. The Balaban J connectivity index is 2.58. The molecule has 1 aromatic rings. The lowest BCUT2D eigenvalue weighted by Gasteiger charge is -2.14. The molecule has 0 spiro atoms. The fourth-order valence-electron chi connectivity index (χ4n) is 1.25. The van der Waals surface area contributed by atoms with Gasteiger partial charge in [0, 0.05) is 5.56 Å². The Morgan fingerprint density at radius 3 is 2.92 bits per heavy atom. The number of rotatable bonds is 0. The summed E-state index contributed by atoms with van der Waals surface area (Å²) in [5, 5.41) is 0. The molecular formula is C9H10N2O. The van der Waals surface area contributed by atoms with Crippen LogP contribution in [0.15, 0.2) is 24.5 Å². The summed E-state index contributed by atoms with van der Waals surface area (Å²) < 4.78 is 5.25. The van der Waals surface area contributed by atoms with Crippen LogP contribution in [-0.2, 0) is 6.42 Å². The highest BCUT2D eigenvalue weighted by molar-refractivity contribution is 5.73. The monoisotopic (exact) mass is 162 g/mol. The van der Waals surface area contributed by atoms with Gasteiger partial charge in [-0.05, 0) is 18.6 Å². The van der Waals surface area contributed by atoms with Crippen LogP contribution in [0, 0.1) is 0 Å². The molecule has 62 valence electrons. The molecule has 0 aromatic heterocycles. The third-order valence-electron chi connectivity index (χ3n) is 1.93. The van der Waals surface area contributed by atoms with Gasteiger partial charge in [-0.15, -0.1) is 0 Å². The van der Waals surface area contributed by atoms with E-state index in [4.69, 9.17) is 16.2 Å². The molecule has 0 amide bonds. The molecule has 0 bridgehead atoms. The minimum absolute atomic E-state index is 0.539. The van der Waals surface area contributed by atoms with Gasteiger partial charge in [0.05, 0.1) is 17.6 Å². The molecule has 3 heteroatoms. The molecule has 0 atom stereocenters. The molecule has 0 aliphatic carbocycles. The molecule has 1 aliphatic rings. The van der Waals surface area contributed by atoms with Crippen molar-refractivity contribution in [3.8, 4) is 5.75 Å². The van der Waals surface area contributed by atoms with Gasteiger partial charge >= 0.3 is 0 Å². The topological polar surface area (TPSA) is 61.3 Å². The van der Waals surface area contributed by atoms with Crippen LogP contribution in [0.3, 0.4) is 0 Å². The standard InChI is InChI=1S/C9H10N2O/c10-7-4-3-6-2-1-5-12-9(6)8(7)11/h1,3-5H,2,10-11H2. The Labute approximate surface area is 70.6 Å². The summed E-state index contributed by atoms with van der Waals surface area (Å²) in [5.41, 5.74) is 13.5. The number of ether oxygens (including phenoxy) is 1. The first-order valence-corrected chi connectivity index (χ1v) is 3.77. The summed E-state index contributed by atoms with van der Waals surface area (Å²) in [6.45, 7) is 0. The summed E-state index contributed by atoms with van der Waals surface area (Å²) in [7, 11) is 0. The Hall–Kier alpha value is -1.64. The van der Waals surface area contributed by atoms with Gasteiger partial charge in [0.25, 0.3) is 0 Å². The van der Waals surface area contributed by atoms with Crippen LogP contribution in [0.1, 0.15) is 5.56 Å². The van der Waals surface area contributed by atoms with Crippen LogP contribution in [-0.4, -0.2) is 0 Å². The van der Waals surface area contributed by atoms with E-state index in [-0.39, 0.29) is 0 Å². The Morgan fingerprint density at radius 2 is 2.08 bits per heavy atom. The van der Waals surface area contributed by atoms with Gasteiger partial charge in [-0.2, -0.15) is 0 Å². The maximum absolute atomic E-state index is 5.72. The molecule has 0 fully saturated rings. The Kier molecular flexibility index (Phi) is 1.43. The lowest BCUT2D eigenvalue weighted by atomic mass is 10.1. The van der Waals surface area contributed by atoms with Crippen molar-refractivity contribution in [3.05, 3.63) is 30.0 Å². The fourth-order valence-corrected chi connectivity index (χ4v) is 1.25. The van der Waals surface area contributed by atoms with E-state index in [2.05, 4.69) is 0 Å². The fraction of sp³-hybridized carbons (Fsp3) is 0.111. The zero-order chi connectivity index (χ0) is 8.55. The van der Waals surface area contributed by atoms with Gasteiger partial charge in [-0.1, -0.05) is 6.07 Å². The molecule has 0 radical (unpaired) electrons. The highest BCUT2D eigenvalue weighted by atomic mass is 16.5. The third kappa shape index (κ3) is 0.906. The molecule has 0 saturated heterocycles. The quantitative estimate of drug-likeness (QED) is 0.565. The maximum Gasteiger partial charge on any atom is 0.154 e. The molecule has 4 N–H and O–H groups in total. The zero-order valence-electron chi connectivity index (χ0n) is 6.58. The van der Waals surface area contributed by atoms with Crippen molar-refractivity contribution in [2.45, 2.75) is 6.42 Å². The van der Waals surface area contributed by atoms with Crippen LogP contribution in [0.5, 0.6) is 5.75 Å². The predicted octanol–water partition coefficient (Wildman–Crippen LogP) is 1.30. The van der Waals surface area contributed by atoms with Crippen LogP contribution in [0.2, 0.25) is 0 Å². The largest absolute Gasteiger partial charge is 0.463 e. The molecule has 3 nitrogen and oxygen atoms in total. The van der Waals surface area contributed by atoms with Crippen molar-refractivity contribution < 1.29 is 4.74 Å². The van der Waals surface area contributed by atoms with Gasteiger partial charge in [0.15, 0.2) is 5.75 Å². The lowest BCUT2D eigenvalue weighted by Crippen LogP contribution is -2.03. The van der Waals surface area contributed by atoms with Crippen LogP contribution in [0.25, 0.3) is 0 Å². The van der Waals surface area contributed by atoms with Crippen LogP contribution >= 0.6 is 0 Å². The molecule has 2 rings (SSSR count). The number of hydrogen-bond donors (Lipinski definition) is 2. The van der Waals surface area contributed by atoms with E-state index in [0.29, 0.717) is 17.1 Å². The Morgan fingerprint density at radius 1 is 1.25 bits per heavy atom. The second-order valence-electron chi connectivity index (χ2n) is 2.75. The average molecular weight is 162 g/mol. The molecule has 0 saturated carbocycles. The molecule has 1 aromatic carbocycles. The van der Waals surface area contributed by atoms with E-state index >= 15 is 0 Å². The van der Waals surface area contributed by atoms with Crippen molar-refractivity contribution in [2.24, 2.45) is 0 Å². The van der Waals surface area contributed by atoms with E-state index < -0.39 is 0 Å². The predicted molar refractivity (Wildman–Crippen MR) is 48.7 cm³/mol. The Bertz CT molecular complexity index is 345. The first kappa shape index (κ1) is 7.03. The van der Waals surface area contributed by atoms with Gasteiger partial charge < -0.3 is 16.2 Å². The SMILES string of the molecule is Nc1ccc2c(c1N)OC=CC2. The maximum atomic E-state index is 5.72. The number of hydrogen-bond acceptors (Lipinski definition) is 3. The minimum Gasteiger partial charge on any atom is -0.463 e. The van der Waals surface area contributed by atoms with Crippen molar-refractivity contribution in [3.63, 3.8) is 0 Å². The first-order valence-electron chi connectivity index (χ1n) is 3.77. The summed E-state index contributed by atoms with van der Waals surface area (Å²) in [6.07, 6.45) is 4.44. The zero-order valence-corrected chi connectivity index (χ0v) is 6.58. The summed E-state index contributed by atoms with van der Waals surface area (Å²) in [4.78, 5) is 0. The average Bonchev–Trinajstić information content (AvgIpc) is 2.12. The van der Waals surface area contributed by atoms with Crippen molar-refractivity contribution in [1.82, 2.24) is 0 Å². The molecule has 1 heterocycles. The number of nitrogens with two attached hydrogens (primary N) is 2. The van der Waals surface area contributed by atoms with E-state index in [0.717, 1.165) is 12.0 Å². The second-order valence-corrected chi connectivity index (χ2v) is 2.75. The summed E-state index contributed by atoms with van der Waals surface area (Å²) >= 11 is 0. The van der Waals surface area contributed by atoms with Gasteiger partial charge in [-0.3, -0.25) is 0 Å². The summed E-state index contributed by atoms with van der Waals surface area (Å²) in [6, 6.07) is 3.74. The van der Waals surface area contributed by atoms with E-state index in [1.54, 1.807) is 12.3 Å². The van der Waals surface area contributed by atoms with Crippen LogP contribution in [0.4, 0.5) is 11.4 Å². The highest BCUT2D eigenvalue weighted by Gasteiger charge is 2.11. The minimum atomic E-state index is 0.539. The molecule has 12 heavy (non-hydrogen) atoms. The number of benzene rings is 1. The van der Waals surface area contributed by atoms with E-state index in [1.165, 1.54) is 0 Å². The highest BCUT2D eigenvalue weighted by Crippen LogP contribution is 2.34. The number of fused-ring (bicyclic) bond motifs is 1. The molecule has 0 unspecified atom stereocenters. The molecular weight excluding hydrogens is 152 g/mol. The van der Waals surface area contributed by atoms with Gasteiger partial charge in [-0.25, -0.2) is 0 Å². The van der Waals surface area contributed by atoms with Gasteiger partial charge in [0.1, 0.15) is 0 Å². The van der Waals surface area contributed by atoms with E-state index in [9.17, 15) is 0 Å². The van der Waals surface area contributed by atoms with Gasteiger partial charge in [0.2, 0.25) is 0 Å². The normalized spacial score (nSPS) is 13.7. The first-order chi connectivity index (χ1) is 5.79. The number of anilines is 2. The summed E-state index contributed by atoms with van der Waals surface area (Å²) in [5.74, 6) is 0.706. The van der Waals surface area contributed by atoms with Crippen molar-refractivity contribution in [2.75, 3.05) is 11.5 Å². The second kappa shape index (κ2) is 2.44. The smallest absolute Gasteiger partial charge is 0.154 e. The van der Waals surface area contributed by atoms with Crippen molar-refractivity contribution in [1.29, 1.82) is 0 Å². The molecule has 1 aliphatic heterocycles.